The topological polar surface area (TPSA) is 21.3 Å². The normalized spacial score (nSPS) is 23.1. The molecular weight excluding hydrogens is 266 g/mol. The predicted octanol–water partition coefficient (Wildman–Crippen LogP) is 3.22. The van der Waals surface area contributed by atoms with Crippen LogP contribution in [0, 0.1) is 5.92 Å². The van der Waals surface area contributed by atoms with Crippen LogP contribution in [0.4, 0.5) is 0 Å². The molecule has 0 radical (unpaired) electrons. The second-order valence-corrected chi connectivity index (χ2v) is 5.18. The van der Waals surface area contributed by atoms with E-state index in [1.807, 2.05) is 24.3 Å². The second kappa shape index (κ2) is 5.69. The summed E-state index contributed by atoms with van der Waals surface area (Å²) in [6.45, 7) is 3.94. The van der Waals surface area contributed by atoms with Crippen LogP contribution in [0.1, 0.15) is 19.8 Å². The fourth-order valence-electron chi connectivity index (χ4n) is 1.89. The maximum absolute atomic E-state index is 5.62. The van der Waals surface area contributed by atoms with E-state index in [0.717, 1.165) is 35.3 Å². The van der Waals surface area contributed by atoms with Crippen LogP contribution in [0.25, 0.3) is 0 Å². The molecule has 3 heteroatoms. The molecule has 1 aliphatic carbocycles. The van der Waals surface area contributed by atoms with Gasteiger partial charge in [-0.15, -0.1) is 0 Å². The van der Waals surface area contributed by atoms with Crippen LogP contribution in [-0.4, -0.2) is 19.2 Å². The summed E-state index contributed by atoms with van der Waals surface area (Å²) in [5, 5.41) is 3.50. The summed E-state index contributed by atoms with van der Waals surface area (Å²) < 4.78 is 6.71. The molecule has 0 heterocycles. The summed E-state index contributed by atoms with van der Waals surface area (Å²) in [5.41, 5.74) is 0. The van der Waals surface area contributed by atoms with Crippen LogP contribution >= 0.6 is 15.9 Å². The molecule has 1 aliphatic rings. The predicted molar refractivity (Wildman–Crippen MR) is 69.8 cm³/mol. The van der Waals surface area contributed by atoms with Crippen molar-refractivity contribution in [1.29, 1.82) is 0 Å². The van der Waals surface area contributed by atoms with E-state index < -0.39 is 0 Å². The van der Waals surface area contributed by atoms with E-state index in [4.69, 9.17) is 4.74 Å². The highest BCUT2D eigenvalue weighted by Gasteiger charge is 2.34. The van der Waals surface area contributed by atoms with E-state index in [1.165, 1.54) is 12.8 Å². The van der Waals surface area contributed by atoms with Gasteiger partial charge in [-0.25, -0.2) is 0 Å². The van der Waals surface area contributed by atoms with Crippen molar-refractivity contribution in [3.63, 3.8) is 0 Å². The standard InChI is InChI=1S/C13H18BrNO/c1-2-10-9-13(10)15-7-8-16-12-5-3-11(14)4-6-12/h3-6,10,13,15H,2,7-9H2,1H3. The van der Waals surface area contributed by atoms with Crippen molar-refractivity contribution in [1.82, 2.24) is 5.32 Å². The largest absolute Gasteiger partial charge is 0.492 e. The quantitative estimate of drug-likeness (QED) is 0.810. The molecule has 1 aromatic rings. The molecule has 1 saturated carbocycles. The molecule has 0 spiro atoms. The molecule has 1 N–H and O–H groups in total. The first kappa shape index (κ1) is 11.9. The molecule has 1 aromatic carbocycles. The third-order valence-corrected chi connectivity index (χ3v) is 3.57. The second-order valence-electron chi connectivity index (χ2n) is 4.27. The molecular formula is C13H18BrNO. The lowest BCUT2D eigenvalue weighted by molar-refractivity contribution is 0.312. The van der Waals surface area contributed by atoms with E-state index in [2.05, 4.69) is 28.2 Å². The van der Waals surface area contributed by atoms with Gasteiger partial charge in [0.05, 0.1) is 0 Å². The Morgan fingerprint density at radius 2 is 2.12 bits per heavy atom. The van der Waals surface area contributed by atoms with Gasteiger partial charge in [0, 0.05) is 17.1 Å². The Labute approximate surface area is 106 Å². The van der Waals surface area contributed by atoms with Crippen molar-refractivity contribution in [3.8, 4) is 5.75 Å². The Morgan fingerprint density at radius 3 is 2.75 bits per heavy atom. The van der Waals surface area contributed by atoms with Crippen molar-refractivity contribution in [3.05, 3.63) is 28.7 Å². The van der Waals surface area contributed by atoms with E-state index in [0.29, 0.717) is 0 Å². The van der Waals surface area contributed by atoms with Gasteiger partial charge < -0.3 is 10.1 Å². The summed E-state index contributed by atoms with van der Waals surface area (Å²) in [6, 6.07) is 8.71. The van der Waals surface area contributed by atoms with Gasteiger partial charge in [-0.05, 0) is 36.6 Å². The van der Waals surface area contributed by atoms with E-state index >= 15 is 0 Å². The van der Waals surface area contributed by atoms with Crippen LogP contribution < -0.4 is 10.1 Å². The van der Waals surface area contributed by atoms with Crippen molar-refractivity contribution in [2.75, 3.05) is 13.2 Å². The summed E-state index contributed by atoms with van der Waals surface area (Å²) in [5.74, 6) is 1.85. The number of nitrogens with one attached hydrogen (secondary N) is 1. The fraction of sp³-hybridized carbons (Fsp3) is 0.538. The SMILES string of the molecule is CCC1CC1NCCOc1ccc(Br)cc1. The van der Waals surface area contributed by atoms with E-state index in [1.54, 1.807) is 0 Å². The number of ether oxygens (including phenoxy) is 1. The highest BCUT2D eigenvalue weighted by molar-refractivity contribution is 9.10. The molecule has 2 rings (SSSR count). The van der Waals surface area contributed by atoms with Gasteiger partial charge in [-0.1, -0.05) is 29.3 Å². The minimum absolute atomic E-state index is 0.745. The number of rotatable bonds is 6. The molecule has 0 amide bonds. The average molecular weight is 284 g/mol. The first-order valence-corrected chi connectivity index (χ1v) is 6.70. The minimum Gasteiger partial charge on any atom is -0.492 e. The van der Waals surface area contributed by atoms with E-state index in [-0.39, 0.29) is 0 Å². The summed E-state index contributed by atoms with van der Waals surface area (Å²) in [7, 11) is 0. The molecule has 0 bridgehead atoms. The minimum atomic E-state index is 0.745. The Kier molecular flexibility index (Phi) is 4.24. The maximum Gasteiger partial charge on any atom is 0.119 e. The third-order valence-electron chi connectivity index (χ3n) is 3.04. The lowest BCUT2D eigenvalue weighted by Crippen LogP contribution is -2.24. The molecule has 1 fully saturated rings. The van der Waals surface area contributed by atoms with E-state index in [9.17, 15) is 0 Å². The van der Waals surface area contributed by atoms with Crippen LogP contribution in [0.3, 0.4) is 0 Å². The molecule has 2 atom stereocenters. The van der Waals surface area contributed by atoms with Crippen LogP contribution in [0.5, 0.6) is 5.75 Å². The molecule has 0 saturated heterocycles. The Hall–Kier alpha value is -0.540. The van der Waals surface area contributed by atoms with Crippen molar-refractivity contribution >= 4 is 15.9 Å². The van der Waals surface area contributed by atoms with Gasteiger partial charge in [0.25, 0.3) is 0 Å². The molecule has 16 heavy (non-hydrogen) atoms. The van der Waals surface area contributed by atoms with Gasteiger partial charge >= 0.3 is 0 Å². The van der Waals surface area contributed by atoms with Gasteiger partial charge in [-0.3, -0.25) is 0 Å². The molecule has 0 aliphatic heterocycles. The van der Waals surface area contributed by atoms with Gasteiger partial charge in [0.15, 0.2) is 0 Å². The molecule has 2 unspecified atom stereocenters. The van der Waals surface area contributed by atoms with Crippen molar-refractivity contribution < 1.29 is 4.74 Å². The Balaban J connectivity index is 1.59. The number of hydrogen-bond acceptors (Lipinski definition) is 2. The zero-order chi connectivity index (χ0) is 11.4. The maximum atomic E-state index is 5.62. The summed E-state index contributed by atoms with van der Waals surface area (Å²) in [4.78, 5) is 0. The Bertz CT molecular complexity index is 325. The van der Waals surface area contributed by atoms with Crippen LogP contribution in [0.15, 0.2) is 28.7 Å². The lowest BCUT2D eigenvalue weighted by atomic mass is 10.3. The number of halogens is 1. The lowest BCUT2D eigenvalue weighted by Gasteiger charge is -2.07. The monoisotopic (exact) mass is 283 g/mol. The summed E-state index contributed by atoms with van der Waals surface area (Å²) >= 11 is 3.40. The molecule has 88 valence electrons. The zero-order valence-corrected chi connectivity index (χ0v) is 11.2. The Morgan fingerprint density at radius 1 is 1.38 bits per heavy atom. The first-order valence-electron chi connectivity index (χ1n) is 5.91. The summed E-state index contributed by atoms with van der Waals surface area (Å²) in [6.07, 6.45) is 2.64. The third kappa shape index (κ3) is 3.49. The van der Waals surface area contributed by atoms with Crippen LogP contribution in [-0.2, 0) is 0 Å². The number of hydrogen-bond donors (Lipinski definition) is 1. The number of benzene rings is 1. The highest BCUT2D eigenvalue weighted by atomic mass is 79.9. The first-order chi connectivity index (χ1) is 7.79. The fourth-order valence-corrected chi connectivity index (χ4v) is 2.16. The smallest absolute Gasteiger partial charge is 0.119 e. The van der Waals surface area contributed by atoms with Crippen molar-refractivity contribution in [2.24, 2.45) is 5.92 Å². The van der Waals surface area contributed by atoms with Gasteiger partial charge in [0.2, 0.25) is 0 Å². The van der Waals surface area contributed by atoms with Crippen molar-refractivity contribution in [2.45, 2.75) is 25.8 Å². The highest BCUT2D eigenvalue weighted by Crippen LogP contribution is 2.32. The van der Waals surface area contributed by atoms with Gasteiger partial charge in [-0.2, -0.15) is 0 Å². The molecule has 0 aromatic heterocycles. The average Bonchev–Trinajstić information content (AvgIpc) is 3.05. The van der Waals surface area contributed by atoms with Crippen LogP contribution in [0.2, 0.25) is 0 Å². The zero-order valence-electron chi connectivity index (χ0n) is 9.58. The molecule has 2 nitrogen and oxygen atoms in total. The van der Waals surface area contributed by atoms with Gasteiger partial charge in [0.1, 0.15) is 12.4 Å².